The van der Waals surface area contributed by atoms with Gasteiger partial charge in [-0.25, -0.2) is 0 Å². The molecule has 1 fully saturated rings. The first-order valence-corrected chi connectivity index (χ1v) is 8.93. The van der Waals surface area contributed by atoms with Crippen LogP contribution in [0.1, 0.15) is 55.3 Å². The molecule has 0 saturated heterocycles. The minimum atomic E-state index is -0.590. The lowest BCUT2D eigenvalue weighted by Crippen LogP contribution is -2.43. The van der Waals surface area contributed by atoms with Gasteiger partial charge in [0, 0.05) is 17.0 Å². The number of carbonyl (C=O) groups is 3. The lowest BCUT2D eigenvalue weighted by atomic mass is 9.86. The highest BCUT2D eigenvalue weighted by molar-refractivity contribution is 6.30. The number of hydrogen-bond acceptors (Lipinski definition) is 4. The maximum absolute atomic E-state index is 11.8. The summed E-state index contributed by atoms with van der Waals surface area (Å²) in [6.07, 6.45) is 7.23. The monoisotopic (exact) mass is 366 g/mol. The molecule has 0 aromatic heterocycles. The highest BCUT2D eigenvalue weighted by Crippen LogP contribution is 2.27. The zero-order chi connectivity index (χ0) is 18.1. The quantitative estimate of drug-likeness (QED) is 0.598. The molecule has 0 atom stereocenters. The molecular weight excluding hydrogens is 344 g/mol. The normalized spacial score (nSPS) is 14.6. The summed E-state index contributed by atoms with van der Waals surface area (Å²) in [5, 5.41) is 0.515. The number of rotatable bonds is 6. The van der Waals surface area contributed by atoms with Crippen molar-refractivity contribution < 1.29 is 19.1 Å². The molecule has 2 N–H and O–H groups in total. The average Bonchev–Trinajstić information content (AvgIpc) is 2.64. The SMILES string of the molecule is O=C(COC(=O)CCC1CCCCC1)NNC(=O)c1ccc(Cl)cc1. The summed E-state index contributed by atoms with van der Waals surface area (Å²) >= 11 is 5.74. The van der Waals surface area contributed by atoms with E-state index in [1.165, 1.54) is 44.2 Å². The van der Waals surface area contributed by atoms with Gasteiger partial charge in [-0.3, -0.25) is 25.2 Å². The molecule has 2 amide bonds. The number of amides is 2. The van der Waals surface area contributed by atoms with E-state index in [-0.39, 0.29) is 5.97 Å². The Bertz CT molecular complexity index is 598. The van der Waals surface area contributed by atoms with Crippen molar-refractivity contribution in [2.75, 3.05) is 6.61 Å². The van der Waals surface area contributed by atoms with Crippen LogP contribution in [-0.2, 0) is 14.3 Å². The Morgan fingerprint density at radius 1 is 1.04 bits per heavy atom. The van der Waals surface area contributed by atoms with Gasteiger partial charge >= 0.3 is 5.97 Å². The molecule has 1 aliphatic carbocycles. The zero-order valence-corrected chi connectivity index (χ0v) is 14.8. The largest absolute Gasteiger partial charge is 0.455 e. The van der Waals surface area contributed by atoms with Crippen LogP contribution in [0, 0.1) is 5.92 Å². The second-order valence-electron chi connectivity index (χ2n) is 6.21. The third kappa shape index (κ3) is 7.13. The fourth-order valence-corrected chi connectivity index (χ4v) is 2.98. The van der Waals surface area contributed by atoms with Crippen molar-refractivity contribution in [2.45, 2.75) is 44.9 Å². The van der Waals surface area contributed by atoms with E-state index >= 15 is 0 Å². The van der Waals surface area contributed by atoms with E-state index in [4.69, 9.17) is 16.3 Å². The molecule has 0 spiro atoms. The molecule has 0 radical (unpaired) electrons. The van der Waals surface area contributed by atoms with Gasteiger partial charge in [0.1, 0.15) is 0 Å². The van der Waals surface area contributed by atoms with Gasteiger partial charge in [0.15, 0.2) is 6.61 Å². The van der Waals surface area contributed by atoms with Crippen LogP contribution in [0.3, 0.4) is 0 Å². The fourth-order valence-electron chi connectivity index (χ4n) is 2.85. The minimum Gasteiger partial charge on any atom is -0.455 e. The summed E-state index contributed by atoms with van der Waals surface area (Å²) in [5.41, 5.74) is 4.82. The third-order valence-electron chi connectivity index (χ3n) is 4.27. The fraction of sp³-hybridized carbons (Fsp3) is 0.500. The predicted octanol–water partition coefficient (Wildman–Crippen LogP) is 3.00. The van der Waals surface area contributed by atoms with Crippen LogP contribution in [0.15, 0.2) is 24.3 Å². The Kier molecular flexibility index (Phi) is 7.73. The van der Waals surface area contributed by atoms with Crippen molar-refractivity contribution in [2.24, 2.45) is 5.92 Å². The first-order valence-electron chi connectivity index (χ1n) is 8.55. The Balaban J connectivity index is 1.60. The van der Waals surface area contributed by atoms with Crippen LogP contribution in [0.5, 0.6) is 0 Å². The number of hydrazine groups is 1. The van der Waals surface area contributed by atoms with Gasteiger partial charge in [0.2, 0.25) is 0 Å². The van der Waals surface area contributed by atoms with Gasteiger partial charge in [-0.1, -0.05) is 43.7 Å². The van der Waals surface area contributed by atoms with Gasteiger partial charge in [0.05, 0.1) is 0 Å². The molecule has 1 aliphatic rings. The van der Waals surface area contributed by atoms with E-state index in [0.717, 1.165) is 6.42 Å². The molecule has 1 aromatic rings. The molecule has 1 aromatic carbocycles. The Labute approximate surface area is 152 Å². The maximum Gasteiger partial charge on any atom is 0.306 e. The molecule has 136 valence electrons. The second kappa shape index (κ2) is 10.0. The summed E-state index contributed by atoms with van der Waals surface area (Å²) in [5.74, 6) is -0.861. The van der Waals surface area contributed by atoms with E-state index in [1.807, 2.05) is 0 Å². The second-order valence-corrected chi connectivity index (χ2v) is 6.65. The Morgan fingerprint density at radius 2 is 1.72 bits per heavy atom. The standard InChI is InChI=1S/C18H23ClN2O4/c19-15-9-7-14(8-10-15)18(24)21-20-16(22)12-25-17(23)11-6-13-4-2-1-3-5-13/h7-10,13H,1-6,11-12H2,(H,20,22)(H,21,24). The van der Waals surface area contributed by atoms with Crippen molar-refractivity contribution in [1.82, 2.24) is 10.9 Å². The van der Waals surface area contributed by atoms with E-state index < -0.39 is 18.4 Å². The number of hydrogen-bond donors (Lipinski definition) is 2. The number of nitrogens with one attached hydrogen (secondary N) is 2. The van der Waals surface area contributed by atoms with Crippen LogP contribution in [-0.4, -0.2) is 24.4 Å². The maximum atomic E-state index is 11.8. The lowest BCUT2D eigenvalue weighted by molar-refractivity contribution is -0.149. The summed E-state index contributed by atoms with van der Waals surface area (Å²) in [6, 6.07) is 6.23. The van der Waals surface area contributed by atoms with Crippen LogP contribution in [0.4, 0.5) is 0 Å². The van der Waals surface area contributed by atoms with Crippen molar-refractivity contribution in [3.05, 3.63) is 34.9 Å². The lowest BCUT2D eigenvalue weighted by Gasteiger charge is -2.20. The van der Waals surface area contributed by atoms with E-state index in [9.17, 15) is 14.4 Å². The molecule has 25 heavy (non-hydrogen) atoms. The van der Waals surface area contributed by atoms with Crippen molar-refractivity contribution in [1.29, 1.82) is 0 Å². The molecule has 0 heterocycles. The van der Waals surface area contributed by atoms with Gasteiger partial charge in [0.25, 0.3) is 11.8 Å². The zero-order valence-electron chi connectivity index (χ0n) is 14.1. The number of ether oxygens (including phenoxy) is 1. The van der Waals surface area contributed by atoms with Crippen LogP contribution < -0.4 is 10.9 Å². The highest BCUT2D eigenvalue weighted by Gasteiger charge is 2.16. The summed E-state index contributed by atoms with van der Waals surface area (Å²) in [4.78, 5) is 35.1. The van der Waals surface area contributed by atoms with Crippen LogP contribution in [0.2, 0.25) is 5.02 Å². The first-order chi connectivity index (χ1) is 12.0. The van der Waals surface area contributed by atoms with E-state index in [1.54, 1.807) is 12.1 Å². The molecule has 6 nitrogen and oxygen atoms in total. The smallest absolute Gasteiger partial charge is 0.306 e. The summed E-state index contributed by atoms with van der Waals surface area (Å²) in [6.45, 7) is -0.412. The number of carbonyl (C=O) groups excluding carboxylic acids is 3. The number of benzene rings is 1. The molecular formula is C18H23ClN2O4. The van der Waals surface area contributed by atoms with Crippen molar-refractivity contribution >= 4 is 29.4 Å². The van der Waals surface area contributed by atoms with Crippen LogP contribution in [0.25, 0.3) is 0 Å². The molecule has 1 saturated carbocycles. The average molecular weight is 367 g/mol. The van der Waals surface area contributed by atoms with Gasteiger partial charge in [-0.05, 0) is 36.6 Å². The molecule has 2 rings (SSSR count). The summed E-state index contributed by atoms with van der Waals surface area (Å²) < 4.78 is 4.93. The number of esters is 1. The molecule has 0 aliphatic heterocycles. The van der Waals surface area contributed by atoms with Crippen molar-refractivity contribution in [3.63, 3.8) is 0 Å². The molecule has 0 bridgehead atoms. The molecule has 0 unspecified atom stereocenters. The number of halogens is 1. The Hall–Kier alpha value is -2.08. The highest BCUT2D eigenvalue weighted by atomic mass is 35.5. The molecule has 7 heteroatoms. The van der Waals surface area contributed by atoms with Gasteiger partial charge in [-0.15, -0.1) is 0 Å². The minimum absolute atomic E-state index is 0.328. The van der Waals surface area contributed by atoms with Crippen LogP contribution >= 0.6 is 11.6 Å². The first kappa shape index (κ1) is 19.2. The van der Waals surface area contributed by atoms with Crippen molar-refractivity contribution in [3.8, 4) is 0 Å². The van der Waals surface area contributed by atoms with Gasteiger partial charge < -0.3 is 4.74 Å². The topological polar surface area (TPSA) is 84.5 Å². The third-order valence-corrected chi connectivity index (χ3v) is 4.52. The van der Waals surface area contributed by atoms with E-state index in [2.05, 4.69) is 10.9 Å². The predicted molar refractivity (Wildman–Crippen MR) is 93.8 cm³/mol. The Morgan fingerprint density at radius 3 is 2.40 bits per heavy atom. The van der Waals surface area contributed by atoms with E-state index in [0.29, 0.717) is 22.9 Å². The van der Waals surface area contributed by atoms with Gasteiger partial charge in [-0.2, -0.15) is 0 Å². The summed E-state index contributed by atoms with van der Waals surface area (Å²) in [7, 11) is 0.